The molecule has 1 saturated heterocycles. The number of nitrogens with one attached hydrogen (secondary N) is 1. The van der Waals surface area contributed by atoms with Crippen molar-refractivity contribution in [3.8, 4) is 0 Å². The summed E-state index contributed by atoms with van der Waals surface area (Å²) < 4.78 is 1.99. The average molecular weight is 422 g/mol. The van der Waals surface area contributed by atoms with Crippen molar-refractivity contribution in [2.75, 3.05) is 42.9 Å². The van der Waals surface area contributed by atoms with Crippen molar-refractivity contribution in [1.29, 1.82) is 0 Å². The van der Waals surface area contributed by atoms with E-state index in [4.69, 9.17) is 21.6 Å². The van der Waals surface area contributed by atoms with Crippen molar-refractivity contribution in [3.05, 3.63) is 53.4 Å². The SMILES string of the molecule is CCN1CCN(c2ccc3nc(Nc4c(C)cccc4Cl)c4cncn4c3n2)CC1. The van der Waals surface area contributed by atoms with Crippen molar-refractivity contribution in [1.82, 2.24) is 24.3 Å². The maximum Gasteiger partial charge on any atom is 0.166 e. The van der Waals surface area contributed by atoms with Crippen LogP contribution in [-0.4, -0.2) is 57.0 Å². The number of hydrogen-bond donors (Lipinski definition) is 1. The Morgan fingerprint density at radius 3 is 2.67 bits per heavy atom. The van der Waals surface area contributed by atoms with Crippen molar-refractivity contribution in [2.45, 2.75) is 13.8 Å². The number of aryl methyl sites for hydroxylation is 1. The number of hydrogen-bond acceptors (Lipinski definition) is 6. The van der Waals surface area contributed by atoms with E-state index >= 15 is 0 Å². The highest BCUT2D eigenvalue weighted by molar-refractivity contribution is 6.33. The van der Waals surface area contributed by atoms with Gasteiger partial charge >= 0.3 is 0 Å². The third kappa shape index (κ3) is 3.34. The Labute approximate surface area is 180 Å². The first-order chi connectivity index (χ1) is 14.6. The molecule has 0 unspecified atom stereocenters. The molecule has 0 amide bonds. The second-order valence-electron chi connectivity index (χ2n) is 7.60. The third-order valence-electron chi connectivity index (χ3n) is 5.79. The van der Waals surface area contributed by atoms with Crippen LogP contribution < -0.4 is 10.2 Å². The Kier molecular flexibility index (Phi) is 4.92. The molecule has 0 bridgehead atoms. The molecule has 1 aliphatic heterocycles. The largest absolute Gasteiger partial charge is 0.354 e. The summed E-state index contributed by atoms with van der Waals surface area (Å²) in [7, 11) is 0. The standard InChI is InChI=1S/C22H24ClN7/c1-3-28-9-11-29(12-10-28)19-8-7-17-22(26-19)30-14-24-13-18(30)21(25-17)27-20-15(2)5-4-6-16(20)23/h4-8,13-14H,3,9-12H2,1-2H3,(H,25,27). The number of pyridine rings is 1. The van der Waals surface area contributed by atoms with Gasteiger partial charge in [0.15, 0.2) is 11.5 Å². The maximum atomic E-state index is 6.42. The lowest BCUT2D eigenvalue weighted by atomic mass is 10.2. The average Bonchev–Trinajstić information content (AvgIpc) is 3.27. The van der Waals surface area contributed by atoms with Crippen LogP contribution in [0.25, 0.3) is 16.7 Å². The lowest BCUT2D eigenvalue weighted by Gasteiger charge is -2.34. The van der Waals surface area contributed by atoms with Crippen molar-refractivity contribution >= 4 is 45.6 Å². The van der Waals surface area contributed by atoms with Gasteiger partial charge in [-0.3, -0.25) is 4.40 Å². The van der Waals surface area contributed by atoms with Gasteiger partial charge < -0.3 is 15.1 Å². The Morgan fingerprint density at radius 2 is 1.90 bits per heavy atom. The molecule has 0 saturated carbocycles. The zero-order valence-corrected chi connectivity index (χ0v) is 17.9. The summed E-state index contributed by atoms with van der Waals surface area (Å²) in [5.41, 5.74) is 4.39. The summed E-state index contributed by atoms with van der Waals surface area (Å²) in [6.45, 7) is 9.43. The summed E-state index contributed by atoms with van der Waals surface area (Å²) >= 11 is 6.42. The van der Waals surface area contributed by atoms with E-state index in [-0.39, 0.29) is 0 Å². The number of aromatic nitrogens is 4. The van der Waals surface area contributed by atoms with E-state index in [1.54, 1.807) is 12.5 Å². The Morgan fingerprint density at radius 1 is 1.07 bits per heavy atom. The van der Waals surface area contributed by atoms with Gasteiger partial charge in [0.05, 0.1) is 16.9 Å². The second kappa shape index (κ2) is 7.74. The topological polar surface area (TPSA) is 61.6 Å². The minimum atomic E-state index is 0.661. The fourth-order valence-electron chi connectivity index (χ4n) is 3.98. The van der Waals surface area contributed by atoms with E-state index in [2.05, 4.69) is 33.1 Å². The summed E-state index contributed by atoms with van der Waals surface area (Å²) in [6.07, 6.45) is 3.59. The predicted molar refractivity (Wildman–Crippen MR) is 122 cm³/mol. The van der Waals surface area contributed by atoms with Gasteiger partial charge in [0.1, 0.15) is 23.2 Å². The first-order valence-electron chi connectivity index (χ1n) is 10.3. The van der Waals surface area contributed by atoms with E-state index in [0.717, 1.165) is 66.5 Å². The molecule has 1 aromatic carbocycles. The van der Waals surface area contributed by atoms with Crippen LogP contribution in [0.15, 0.2) is 42.9 Å². The lowest BCUT2D eigenvalue weighted by Crippen LogP contribution is -2.46. The van der Waals surface area contributed by atoms with Crippen molar-refractivity contribution in [3.63, 3.8) is 0 Å². The molecule has 1 fully saturated rings. The minimum Gasteiger partial charge on any atom is -0.354 e. The van der Waals surface area contributed by atoms with Gasteiger partial charge in [-0.1, -0.05) is 30.7 Å². The van der Waals surface area contributed by atoms with E-state index < -0.39 is 0 Å². The van der Waals surface area contributed by atoms with E-state index in [1.807, 2.05) is 35.6 Å². The molecule has 1 N–H and O–H groups in total. The molecule has 0 spiro atoms. The van der Waals surface area contributed by atoms with Crippen LogP contribution in [0.4, 0.5) is 17.3 Å². The molecule has 0 radical (unpaired) electrons. The van der Waals surface area contributed by atoms with Crippen LogP contribution in [0.3, 0.4) is 0 Å². The minimum absolute atomic E-state index is 0.661. The number of halogens is 1. The number of fused-ring (bicyclic) bond motifs is 3. The number of anilines is 3. The van der Waals surface area contributed by atoms with E-state index in [9.17, 15) is 0 Å². The molecule has 1 aliphatic rings. The number of likely N-dealkylation sites (N-methyl/N-ethyl adjacent to an activating group) is 1. The Balaban J connectivity index is 1.55. The van der Waals surface area contributed by atoms with Gasteiger partial charge in [-0.25, -0.2) is 15.0 Å². The van der Waals surface area contributed by atoms with Gasteiger partial charge in [0.25, 0.3) is 0 Å². The maximum absolute atomic E-state index is 6.42. The van der Waals surface area contributed by atoms with Crippen LogP contribution in [-0.2, 0) is 0 Å². The number of piperazine rings is 1. The molecular formula is C22H24ClN7. The number of nitrogens with zero attached hydrogens (tertiary/aromatic N) is 6. The molecule has 8 heteroatoms. The molecule has 3 aromatic heterocycles. The molecule has 4 aromatic rings. The number of rotatable bonds is 4. The molecular weight excluding hydrogens is 398 g/mol. The Hall–Kier alpha value is -2.90. The normalized spacial score (nSPS) is 15.2. The molecule has 7 nitrogen and oxygen atoms in total. The molecule has 0 atom stereocenters. The molecule has 0 aliphatic carbocycles. The highest BCUT2D eigenvalue weighted by atomic mass is 35.5. The number of imidazole rings is 1. The smallest absolute Gasteiger partial charge is 0.166 e. The lowest BCUT2D eigenvalue weighted by molar-refractivity contribution is 0.270. The zero-order chi connectivity index (χ0) is 20.7. The van der Waals surface area contributed by atoms with Crippen LogP contribution in [0.5, 0.6) is 0 Å². The summed E-state index contributed by atoms with van der Waals surface area (Å²) in [6, 6.07) is 9.93. The number of para-hydroxylation sites is 1. The van der Waals surface area contributed by atoms with Crippen LogP contribution >= 0.6 is 11.6 Å². The quantitative estimate of drug-likeness (QED) is 0.534. The van der Waals surface area contributed by atoms with Crippen molar-refractivity contribution < 1.29 is 0 Å². The second-order valence-corrected chi connectivity index (χ2v) is 8.01. The van der Waals surface area contributed by atoms with Crippen molar-refractivity contribution in [2.24, 2.45) is 0 Å². The van der Waals surface area contributed by atoms with Gasteiger partial charge in [0, 0.05) is 26.2 Å². The number of benzene rings is 1. The van der Waals surface area contributed by atoms with Gasteiger partial charge in [0.2, 0.25) is 0 Å². The van der Waals surface area contributed by atoms with Gasteiger partial charge in [-0.05, 0) is 37.2 Å². The fraction of sp³-hybridized carbons (Fsp3) is 0.318. The van der Waals surface area contributed by atoms with Crippen LogP contribution in [0.1, 0.15) is 12.5 Å². The highest BCUT2D eigenvalue weighted by Crippen LogP contribution is 2.31. The zero-order valence-electron chi connectivity index (χ0n) is 17.1. The van der Waals surface area contributed by atoms with Crippen LogP contribution in [0, 0.1) is 6.92 Å². The van der Waals surface area contributed by atoms with E-state index in [0.29, 0.717) is 10.8 Å². The predicted octanol–water partition coefficient (Wildman–Crippen LogP) is 4.12. The first kappa shape index (κ1) is 19.1. The van der Waals surface area contributed by atoms with Gasteiger partial charge in [-0.15, -0.1) is 0 Å². The van der Waals surface area contributed by atoms with E-state index in [1.165, 1.54) is 0 Å². The first-order valence-corrected chi connectivity index (χ1v) is 10.6. The third-order valence-corrected chi connectivity index (χ3v) is 6.11. The fourth-order valence-corrected chi connectivity index (χ4v) is 4.25. The molecule has 154 valence electrons. The molecule has 5 rings (SSSR count). The molecule has 4 heterocycles. The van der Waals surface area contributed by atoms with Gasteiger partial charge in [-0.2, -0.15) is 0 Å². The highest BCUT2D eigenvalue weighted by Gasteiger charge is 2.18. The summed E-state index contributed by atoms with van der Waals surface area (Å²) in [4.78, 5) is 18.9. The van der Waals surface area contributed by atoms with Crippen LogP contribution in [0.2, 0.25) is 5.02 Å². The summed E-state index contributed by atoms with van der Waals surface area (Å²) in [5, 5.41) is 4.06. The summed E-state index contributed by atoms with van der Waals surface area (Å²) in [5.74, 6) is 1.69. The monoisotopic (exact) mass is 421 g/mol. The Bertz CT molecular complexity index is 1190. The molecule has 30 heavy (non-hydrogen) atoms.